The molecule has 0 spiro atoms. The summed E-state index contributed by atoms with van der Waals surface area (Å²) in [6, 6.07) is 4.03. The molecular formula is C10H10O2S. The van der Waals surface area contributed by atoms with E-state index in [4.69, 9.17) is 0 Å². The van der Waals surface area contributed by atoms with Crippen LogP contribution >= 0.6 is 11.3 Å². The van der Waals surface area contributed by atoms with E-state index in [2.05, 4.69) is 16.6 Å². The normalized spacial score (nSPS) is 8.69. The van der Waals surface area contributed by atoms with E-state index in [0.717, 1.165) is 6.42 Å². The summed E-state index contributed by atoms with van der Waals surface area (Å²) >= 11 is 1.68. The van der Waals surface area contributed by atoms with Gasteiger partial charge in [0.05, 0.1) is 0 Å². The van der Waals surface area contributed by atoms with Gasteiger partial charge in [0.15, 0.2) is 6.61 Å². The number of carbonyl (C=O) groups is 1. The first-order chi connectivity index (χ1) is 6.29. The Hall–Kier alpha value is -1.27. The summed E-state index contributed by atoms with van der Waals surface area (Å²) in [5, 5.41) is 2.02. The Morgan fingerprint density at radius 1 is 1.62 bits per heavy atom. The van der Waals surface area contributed by atoms with Crippen LogP contribution < -0.4 is 0 Å². The van der Waals surface area contributed by atoms with Gasteiger partial charge in [-0.3, -0.25) is 4.79 Å². The molecule has 0 aliphatic heterocycles. The Morgan fingerprint density at radius 2 is 2.46 bits per heavy atom. The van der Waals surface area contributed by atoms with Gasteiger partial charge in [-0.05, 0) is 11.4 Å². The van der Waals surface area contributed by atoms with Crippen LogP contribution in [0.3, 0.4) is 0 Å². The minimum Gasteiger partial charge on any atom is -0.453 e. The van der Waals surface area contributed by atoms with Gasteiger partial charge in [0.2, 0.25) is 0 Å². The molecule has 3 heteroatoms. The maximum atomic E-state index is 10.3. The van der Waals surface area contributed by atoms with Gasteiger partial charge in [0.1, 0.15) is 0 Å². The Balaban J connectivity index is 2.22. The molecule has 0 unspecified atom stereocenters. The van der Waals surface area contributed by atoms with E-state index in [9.17, 15) is 4.79 Å². The van der Waals surface area contributed by atoms with Crippen molar-refractivity contribution in [3.8, 4) is 11.8 Å². The fraction of sp³-hybridized carbons (Fsp3) is 0.300. The number of carbonyl (C=O) groups excluding carboxylic acids is 1. The van der Waals surface area contributed by atoms with Crippen LogP contribution in [0.15, 0.2) is 17.5 Å². The molecule has 1 aromatic rings. The third kappa shape index (κ3) is 4.34. The predicted molar refractivity (Wildman–Crippen MR) is 52.4 cm³/mol. The molecule has 0 saturated carbocycles. The fourth-order valence-electron chi connectivity index (χ4n) is 0.752. The van der Waals surface area contributed by atoms with Crippen molar-refractivity contribution in [3.63, 3.8) is 0 Å². The van der Waals surface area contributed by atoms with Gasteiger partial charge in [-0.15, -0.1) is 11.3 Å². The van der Waals surface area contributed by atoms with Crippen molar-refractivity contribution < 1.29 is 9.53 Å². The smallest absolute Gasteiger partial charge is 0.303 e. The molecule has 0 bridgehead atoms. The van der Waals surface area contributed by atoms with Gasteiger partial charge in [0.25, 0.3) is 0 Å². The number of ether oxygens (including phenoxy) is 1. The molecule has 0 N–H and O–H groups in total. The molecule has 0 aliphatic rings. The zero-order chi connectivity index (χ0) is 9.52. The molecule has 68 valence electrons. The quantitative estimate of drug-likeness (QED) is 0.530. The Morgan fingerprint density at radius 3 is 3.08 bits per heavy atom. The first-order valence-corrected chi connectivity index (χ1v) is 4.78. The third-order valence-electron chi connectivity index (χ3n) is 1.32. The zero-order valence-electron chi connectivity index (χ0n) is 7.37. The van der Waals surface area contributed by atoms with Crippen molar-refractivity contribution in [2.24, 2.45) is 0 Å². The maximum absolute atomic E-state index is 10.3. The predicted octanol–water partition coefficient (Wildman–Crippen LogP) is 1.86. The topological polar surface area (TPSA) is 26.3 Å². The summed E-state index contributed by atoms with van der Waals surface area (Å²) < 4.78 is 4.65. The van der Waals surface area contributed by atoms with Crippen LogP contribution in [0, 0.1) is 11.8 Å². The highest BCUT2D eigenvalue weighted by Gasteiger charge is 1.88. The number of hydrogen-bond acceptors (Lipinski definition) is 3. The summed E-state index contributed by atoms with van der Waals surface area (Å²) in [6.45, 7) is 1.57. The average molecular weight is 194 g/mol. The Labute approximate surface area is 81.5 Å². The molecule has 0 aliphatic carbocycles. The van der Waals surface area contributed by atoms with Crippen LogP contribution in [0.5, 0.6) is 0 Å². The van der Waals surface area contributed by atoms with Crippen LogP contribution in [0.1, 0.15) is 11.8 Å². The Kier molecular flexibility index (Phi) is 4.07. The van der Waals surface area contributed by atoms with Crippen LogP contribution in [0.25, 0.3) is 0 Å². The lowest BCUT2D eigenvalue weighted by Gasteiger charge is -1.90. The highest BCUT2D eigenvalue weighted by atomic mass is 32.1. The van der Waals surface area contributed by atoms with Crippen molar-refractivity contribution in [2.45, 2.75) is 13.3 Å². The fourth-order valence-corrected chi connectivity index (χ4v) is 1.40. The molecule has 0 radical (unpaired) electrons. The Bertz CT molecular complexity index is 316. The van der Waals surface area contributed by atoms with E-state index < -0.39 is 0 Å². The lowest BCUT2D eigenvalue weighted by molar-refractivity contribution is -0.139. The molecule has 0 atom stereocenters. The number of rotatable bonds is 2. The minimum absolute atomic E-state index is 0.195. The van der Waals surface area contributed by atoms with Crippen molar-refractivity contribution in [1.29, 1.82) is 0 Å². The lowest BCUT2D eigenvalue weighted by Crippen LogP contribution is -1.97. The zero-order valence-corrected chi connectivity index (χ0v) is 8.19. The molecule has 13 heavy (non-hydrogen) atoms. The van der Waals surface area contributed by atoms with Crippen molar-refractivity contribution in [3.05, 3.63) is 22.4 Å². The maximum Gasteiger partial charge on any atom is 0.303 e. The van der Waals surface area contributed by atoms with Gasteiger partial charge < -0.3 is 4.74 Å². The van der Waals surface area contributed by atoms with E-state index in [1.165, 1.54) is 11.8 Å². The second kappa shape index (κ2) is 5.39. The number of thiophene rings is 1. The highest BCUT2D eigenvalue weighted by Crippen LogP contribution is 2.07. The van der Waals surface area contributed by atoms with Crippen LogP contribution in [-0.2, 0) is 16.0 Å². The minimum atomic E-state index is -0.287. The SMILES string of the molecule is CC(=O)OCC#CCc1cccs1. The molecule has 0 amide bonds. The molecule has 0 fully saturated rings. The molecule has 0 aromatic carbocycles. The molecule has 0 saturated heterocycles. The standard InChI is InChI=1S/C10H10O2S/c1-9(11)12-7-3-2-5-10-6-4-8-13-10/h4,6,8H,5,7H2,1H3. The highest BCUT2D eigenvalue weighted by molar-refractivity contribution is 7.09. The van der Waals surface area contributed by atoms with Crippen molar-refractivity contribution in [2.75, 3.05) is 6.61 Å². The van der Waals surface area contributed by atoms with E-state index >= 15 is 0 Å². The summed E-state index contributed by atoms with van der Waals surface area (Å²) in [4.78, 5) is 11.6. The molecule has 1 heterocycles. The summed E-state index contributed by atoms with van der Waals surface area (Å²) in [6.07, 6.45) is 0.735. The third-order valence-corrected chi connectivity index (χ3v) is 2.19. The lowest BCUT2D eigenvalue weighted by atomic mass is 10.3. The van der Waals surface area contributed by atoms with Crippen LogP contribution in [0.4, 0.5) is 0 Å². The van der Waals surface area contributed by atoms with Gasteiger partial charge >= 0.3 is 5.97 Å². The summed E-state index contributed by atoms with van der Waals surface area (Å²) in [5.74, 6) is 5.41. The van der Waals surface area contributed by atoms with E-state index in [1.807, 2.05) is 17.5 Å². The van der Waals surface area contributed by atoms with E-state index in [-0.39, 0.29) is 12.6 Å². The number of hydrogen-bond donors (Lipinski definition) is 0. The van der Waals surface area contributed by atoms with E-state index in [0.29, 0.717) is 0 Å². The van der Waals surface area contributed by atoms with E-state index in [1.54, 1.807) is 11.3 Å². The number of esters is 1. The molecule has 2 nitrogen and oxygen atoms in total. The molecular weight excluding hydrogens is 184 g/mol. The second-order valence-corrected chi connectivity index (χ2v) is 3.42. The van der Waals surface area contributed by atoms with Gasteiger partial charge in [-0.1, -0.05) is 17.9 Å². The molecule has 1 aromatic heterocycles. The van der Waals surface area contributed by atoms with Crippen LogP contribution in [-0.4, -0.2) is 12.6 Å². The first-order valence-electron chi connectivity index (χ1n) is 3.90. The summed E-state index contributed by atoms with van der Waals surface area (Å²) in [5.41, 5.74) is 0. The first kappa shape index (κ1) is 9.82. The van der Waals surface area contributed by atoms with Crippen molar-refractivity contribution in [1.82, 2.24) is 0 Å². The molecule has 1 rings (SSSR count). The van der Waals surface area contributed by atoms with Crippen LogP contribution in [0.2, 0.25) is 0 Å². The summed E-state index contributed by atoms with van der Waals surface area (Å²) in [7, 11) is 0. The largest absolute Gasteiger partial charge is 0.453 e. The van der Waals surface area contributed by atoms with Gasteiger partial charge in [0, 0.05) is 18.2 Å². The van der Waals surface area contributed by atoms with Crippen molar-refractivity contribution >= 4 is 17.3 Å². The van der Waals surface area contributed by atoms with Gasteiger partial charge in [-0.25, -0.2) is 0 Å². The monoisotopic (exact) mass is 194 g/mol. The van der Waals surface area contributed by atoms with Gasteiger partial charge in [-0.2, -0.15) is 0 Å². The second-order valence-electron chi connectivity index (χ2n) is 2.39. The average Bonchev–Trinajstić information content (AvgIpc) is 2.55.